The van der Waals surface area contributed by atoms with Crippen LogP contribution in [0.4, 0.5) is 10.1 Å². The number of halogens is 1. The van der Waals surface area contributed by atoms with Crippen LogP contribution in [0.2, 0.25) is 0 Å². The number of nitrogens with one attached hydrogen (secondary N) is 2. The molecular formula is C33H35FN5Na5O16. The number of benzene rings is 1. The predicted octanol–water partition coefficient (Wildman–Crippen LogP) is -23.4. The number of aromatic carboxylic acids is 1. The summed E-state index contributed by atoms with van der Waals surface area (Å²) >= 11 is 0. The Hall–Kier alpha value is -1.16. The van der Waals surface area contributed by atoms with E-state index in [2.05, 4.69) is 10.6 Å². The monoisotopic (exact) mass is 891 g/mol. The van der Waals surface area contributed by atoms with E-state index in [1.807, 2.05) is 0 Å². The normalized spacial score (nSPS) is 14.3. The van der Waals surface area contributed by atoms with Crippen molar-refractivity contribution < 1.29 is 226 Å². The van der Waals surface area contributed by atoms with Crippen molar-refractivity contribution in [3.8, 4) is 0 Å². The van der Waals surface area contributed by atoms with Gasteiger partial charge in [-0.25, -0.2) is 4.39 Å². The Labute approximate surface area is 451 Å². The number of pyridine rings is 1. The van der Waals surface area contributed by atoms with Crippen LogP contribution in [-0.4, -0.2) is 117 Å². The first-order valence-electron chi connectivity index (χ1n) is 16.6. The maximum Gasteiger partial charge on any atom is 1.00 e. The summed E-state index contributed by atoms with van der Waals surface area (Å²) in [5.41, 5.74) is -7.69. The number of hydrogen-bond acceptors (Lipinski definition) is 17. The number of aliphatic hydroxyl groups is 2. The maximum absolute atomic E-state index is 15.4. The van der Waals surface area contributed by atoms with E-state index in [4.69, 9.17) is 0 Å². The number of hydrogen-bond donors (Lipinski definition) is 4. The quantitative estimate of drug-likeness (QED) is 0.0751. The summed E-state index contributed by atoms with van der Waals surface area (Å²) in [5.74, 6) is -14.4. The Morgan fingerprint density at radius 1 is 0.783 bits per heavy atom. The molecule has 1 aromatic heterocycles. The second-order valence-electron chi connectivity index (χ2n) is 12.8. The Morgan fingerprint density at radius 2 is 1.28 bits per heavy atom. The van der Waals surface area contributed by atoms with Crippen LogP contribution in [0, 0.1) is 5.82 Å². The number of aryl methyl sites for hydroxylation is 1. The number of aromatic nitrogens is 1. The van der Waals surface area contributed by atoms with Crippen LogP contribution in [0.3, 0.4) is 0 Å². The standard InChI is InChI=1S/C33H40FN5O16.5Na/c1-2-37-16-18(29(48)49)27(46)17-10-19(34)22(11-21(17)37)38-6-8-39(9-7-38)28(47)20(36-24(41)13-33(55,31(52)53)15-26(44)45)4-3-5-35-23(40)12-32(54,30(50)51)14-25(42)43;;;;;/h10-11,16,20,54-55H,2-9,12-15H2,1H3,(H,35,40)(H,36,41)(H,42,43)(H,44,45)(H,48,49)(H,50,51)(H,52,53);;;;;/q;5*+1/p-5/t20-,32?,33?;;;;;/m0...../s1. The predicted molar refractivity (Wildman–Crippen MR) is 170 cm³/mol. The summed E-state index contributed by atoms with van der Waals surface area (Å²) in [6.45, 7) is 1.31. The Balaban J connectivity index is -0.00000650. The molecule has 2 aromatic rings. The molecule has 0 aliphatic carbocycles. The van der Waals surface area contributed by atoms with Gasteiger partial charge >= 0.3 is 148 Å². The number of carbonyl (C=O) groups excluding carboxylic acids is 8. The fourth-order valence-electron chi connectivity index (χ4n) is 5.96. The van der Waals surface area contributed by atoms with Crippen molar-refractivity contribution >= 4 is 64.2 Å². The summed E-state index contributed by atoms with van der Waals surface area (Å²) in [6, 6.07) is 0.725. The van der Waals surface area contributed by atoms with Gasteiger partial charge in [0, 0.05) is 75.6 Å². The fourth-order valence-corrected chi connectivity index (χ4v) is 5.96. The van der Waals surface area contributed by atoms with Crippen LogP contribution in [0.15, 0.2) is 23.1 Å². The van der Waals surface area contributed by atoms with Gasteiger partial charge in [0.1, 0.15) is 23.1 Å². The summed E-state index contributed by atoms with van der Waals surface area (Å²) in [7, 11) is 0. The molecule has 1 aliphatic heterocycles. The van der Waals surface area contributed by atoms with Crippen molar-refractivity contribution in [2.75, 3.05) is 37.6 Å². The van der Waals surface area contributed by atoms with Gasteiger partial charge in [0.15, 0.2) is 5.43 Å². The number of piperazine rings is 1. The van der Waals surface area contributed by atoms with E-state index in [9.17, 15) is 78.9 Å². The van der Waals surface area contributed by atoms with Crippen LogP contribution >= 0.6 is 0 Å². The van der Waals surface area contributed by atoms with Gasteiger partial charge in [0.25, 0.3) is 0 Å². The molecular weight excluding hydrogens is 856 g/mol. The summed E-state index contributed by atoms with van der Waals surface area (Å²) < 4.78 is 16.8. The molecule has 3 amide bonds. The molecule has 60 heavy (non-hydrogen) atoms. The molecule has 2 unspecified atom stereocenters. The first-order chi connectivity index (χ1) is 25.6. The molecule has 2 heterocycles. The van der Waals surface area contributed by atoms with E-state index in [0.717, 1.165) is 12.3 Å². The summed E-state index contributed by atoms with van der Waals surface area (Å²) in [5, 5.41) is 80.3. The van der Waals surface area contributed by atoms with Crippen molar-refractivity contribution in [2.24, 2.45) is 0 Å². The van der Waals surface area contributed by atoms with Gasteiger partial charge in [-0.1, -0.05) is 0 Å². The van der Waals surface area contributed by atoms with E-state index >= 15 is 4.39 Å². The smallest absolute Gasteiger partial charge is 0.550 e. The largest absolute Gasteiger partial charge is 1.00 e. The van der Waals surface area contributed by atoms with Gasteiger partial charge < -0.3 is 84.7 Å². The Morgan fingerprint density at radius 3 is 1.73 bits per heavy atom. The third-order valence-corrected chi connectivity index (χ3v) is 8.81. The van der Waals surface area contributed by atoms with Crippen LogP contribution in [0.25, 0.3) is 10.9 Å². The zero-order valence-corrected chi connectivity index (χ0v) is 44.1. The second kappa shape index (κ2) is 27.9. The molecule has 0 saturated carbocycles. The van der Waals surface area contributed by atoms with Gasteiger partial charge in [-0.15, -0.1) is 0 Å². The molecule has 27 heteroatoms. The van der Waals surface area contributed by atoms with Crippen molar-refractivity contribution in [3.63, 3.8) is 0 Å². The zero-order chi connectivity index (χ0) is 41.4. The minimum atomic E-state index is -3.23. The minimum Gasteiger partial charge on any atom is -0.550 e. The molecule has 1 fully saturated rings. The zero-order valence-electron chi connectivity index (χ0n) is 34.1. The Bertz CT molecular complexity index is 1970. The first-order valence-corrected chi connectivity index (χ1v) is 16.6. The van der Waals surface area contributed by atoms with Gasteiger partial charge in [-0.2, -0.15) is 0 Å². The molecule has 300 valence electrons. The number of carbonyl (C=O) groups is 8. The summed E-state index contributed by atoms with van der Waals surface area (Å²) in [6.07, 6.45) is -5.04. The van der Waals surface area contributed by atoms with Crippen molar-refractivity contribution in [3.05, 3.63) is 39.9 Å². The van der Waals surface area contributed by atoms with Gasteiger partial charge in [0.05, 0.1) is 47.5 Å². The fraction of sp³-hybridized carbons (Fsp3) is 0.485. The van der Waals surface area contributed by atoms with E-state index in [-0.39, 0.29) is 216 Å². The topological polar surface area (TPSA) is 345 Å². The number of anilines is 1. The minimum absolute atomic E-state index is 0. The number of nitrogens with zero attached hydrogens (tertiary/aromatic N) is 3. The first kappa shape index (κ1) is 63.1. The molecule has 1 saturated heterocycles. The summed E-state index contributed by atoms with van der Waals surface area (Å²) in [4.78, 5) is 110. The van der Waals surface area contributed by atoms with Gasteiger partial charge in [0.2, 0.25) is 17.7 Å². The van der Waals surface area contributed by atoms with Crippen molar-refractivity contribution in [1.29, 1.82) is 0 Å². The SMILES string of the molecule is CCn1cc(C(=O)[O-])c(=O)c2cc(F)c(N3CCN(C(=O)[C@H](CCCNC(=O)CC(O)(CC(=O)[O-])C(=O)[O-])NC(=O)CC(O)(CC(=O)[O-])C(=O)[O-])CC3)cc21.[Na+].[Na+].[Na+].[Na+].[Na+]. The second-order valence-corrected chi connectivity index (χ2v) is 12.8. The third kappa shape index (κ3) is 17.1. The molecule has 1 aliphatic rings. The molecule has 0 bridgehead atoms. The van der Waals surface area contributed by atoms with E-state index in [1.54, 1.807) is 6.92 Å². The Kier molecular flexibility index (Phi) is 29.4. The van der Waals surface area contributed by atoms with Crippen LogP contribution in [0.1, 0.15) is 55.8 Å². The van der Waals surface area contributed by atoms with E-state index in [0.29, 0.717) is 0 Å². The molecule has 3 rings (SSSR count). The number of amides is 3. The van der Waals surface area contributed by atoms with Gasteiger partial charge in [-0.3, -0.25) is 19.2 Å². The average molecular weight is 892 g/mol. The molecule has 21 nitrogen and oxygen atoms in total. The number of rotatable bonds is 19. The molecule has 4 N–H and O–H groups in total. The van der Waals surface area contributed by atoms with Gasteiger partial charge in [-0.05, 0) is 31.9 Å². The van der Waals surface area contributed by atoms with E-state index < -0.39 is 107 Å². The number of aliphatic carboxylic acids is 4. The number of carboxylic acid groups (broad SMARTS) is 5. The molecule has 1 aromatic carbocycles. The van der Waals surface area contributed by atoms with Crippen LogP contribution < -0.4 is 194 Å². The third-order valence-electron chi connectivity index (χ3n) is 8.81. The number of carboxylic acids is 5. The molecule has 3 atom stereocenters. The average Bonchev–Trinajstić information content (AvgIpc) is 3.08. The molecule has 0 radical (unpaired) electrons. The maximum atomic E-state index is 15.4. The van der Waals surface area contributed by atoms with Crippen LogP contribution in [0.5, 0.6) is 0 Å². The number of fused-ring (bicyclic) bond motifs is 1. The van der Waals surface area contributed by atoms with Crippen molar-refractivity contribution in [2.45, 2.75) is 69.2 Å². The molecule has 0 spiro atoms. The van der Waals surface area contributed by atoms with Crippen molar-refractivity contribution in [1.82, 2.24) is 20.1 Å². The van der Waals surface area contributed by atoms with Crippen LogP contribution in [-0.2, 0) is 40.1 Å². The van der Waals surface area contributed by atoms with E-state index in [1.165, 1.54) is 20.4 Å².